The lowest BCUT2D eigenvalue weighted by atomic mass is 10.2. The topological polar surface area (TPSA) is 64.6 Å². The van der Waals surface area contributed by atoms with Crippen LogP contribution in [0.3, 0.4) is 0 Å². The summed E-state index contributed by atoms with van der Waals surface area (Å²) in [5.41, 5.74) is -0.888. The van der Waals surface area contributed by atoms with E-state index in [0.29, 0.717) is 18.7 Å². The first-order valence-corrected chi connectivity index (χ1v) is 18.2. The number of hydrogen-bond donors (Lipinski definition) is 0. The lowest BCUT2D eigenvalue weighted by Gasteiger charge is -2.42. The van der Waals surface area contributed by atoms with Gasteiger partial charge in [-0.3, -0.25) is 0 Å². The zero-order valence-corrected chi connectivity index (χ0v) is 25.0. The van der Waals surface area contributed by atoms with Crippen LogP contribution in [0.15, 0.2) is 0 Å². The minimum Gasteiger partial charge on any atom is -0.413 e. The average molecular weight is 485 g/mol. The van der Waals surface area contributed by atoms with E-state index in [1.807, 2.05) is 82.0 Å². The van der Waals surface area contributed by atoms with Crippen LogP contribution < -0.4 is 0 Å². The standard InChI is InChI=1S/C20H48O7Si3/c1-18(2,3)23-15-28(12,21-10)26-30(14,17-25-20(7,8)9)27-29(13,22-11)16-24-19(4,5)6/h15-17H2,1-14H3. The van der Waals surface area contributed by atoms with Gasteiger partial charge >= 0.3 is 25.7 Å². The van der Waals surface area contributed by atoms with Crippen molar-refractivity contribution in [3.8, 4) is 0 Å². The second-order valence-electron chi connectivity index (χ2n) is 11.2. The van der Waals surface area contributed by atoms with E-state index < -0.39 is 25.7 Å². The molecule has 0 aromatic heterocycles. The number of ether oxygens (including phenoxy) is 3. The number of rotatable bonds is 12. The minimum atomic E-state index is -2.87. The van der Waals surface area contributed by atoms with Crippen LogP contribution in [0, 0.1) is 0 Å². The molecule has 0 N–H and O–H groups in total. The Hall–Kier alpha value is 0.371. The van der Waals surface area contributed by atoms with Crippen molar-refractivity contribution in [1.29, 1.82) is 0 Å². The monoisotopic (exact) mass is 484 g/mol. The van der Waals surface area contributed by atoms with Crippen molar-refractivity contribution in [3.05, 3.63) is 0 Å². The first kappa shape index (κ1) is 30.4. The van der Waals surface area contributed by atoms with Gasteiger partial charge in [-0.05, 0) is 82.0 Å². The smallest absolute Gasteiger partial charge is 0.352 e. The molecule has 0 aromatic carbocycles. The Labute approximate surface area is 188 Å². The summed E-state index contributed by atoms with van der Waals surface area (Å²) >= 11 is 0. The summed E-state index contributed by atoms with van der Waals surface area (Å²) in [5, 5.41) is 0. The predicted molar refractivity (Wildman–Crippen MR) is 128 cm³/mol. The molecule has 0 saturated heterocycles. The molecule has 0 fully saturated rings. The summed E-state index contributed by atoms with van der Waals surface area (Å²) in [5.74, 6) is 0. The minimum absolute atomic E-state index is 0.285. The molecule has 0 bridgehead atoms. The quantitative estimate of drug-likeness (QED) is 0.375. The Morgan fingerprint density at radius 2 is 0.700 bits per heavy atom. The van der Waals surface area contributed by atoms with Crippen LogP contribution in [-0.4, -0.2) is 75.4 Å². The molecule has 0 aliphatic rings. The Kier molecular flexibility index (Phi) is 11.1. The van der Waals surface area contributed by atoms with Gasteiger partial charge in [-0.15, -0.1) is 0 Å². The van der Waals surface area contributed by atoms with Gasteiger partial charge < -0.3 is 31.3 Å². The molecule has 7 nitrogen and oxygen atoms in total. The van der Waals surface area contributed by atoms with Gasteiger partial charge in [0.25, 0.3) is 0 Å². The zero-order valence-electron chi connectivity index (χ0n) is 22.0. The molecule has 0 spiro atoms. The van der Waals surface area contributed by atoms with Gasteiger partial charge in [0.05, 0.1) is 35.5 Å². The van der Waals surface area contributed by atoms with Gasteiger partial charge in [0, 0.05) is 14.2 Å². The third kappa shape index (κ3) is 13.7. The third-order valence-electron chi connectivity index (χ3n) is 4.03. The summed E-state index contributed by atoms with van der Waals surface area (Å²) in [7, 11) is -4.88. The normalized spacial score (nSPS) is 19.8. The maximum Gasteiger partial charge on any atom is 0.352 e. The molecule has 30 heavy (non-hydrogen) atoms. The van der Waals surface area contributed by atoms with Gasteiger partial charge in [0.15, 0.2) is 0 Å². The lowest BCUT2D eigenvalue weighted by molar-refractivity contribution is -0.00483. The summed E-state index contributed by atoms with van der Waals surface area (Å²) in [4.78, 5) is 0. The molecule has 2 unspecified atom stereocenters. The van der Waals surface area contributed by atoms with Crippen LogP contribution in [0.1, 0.15) is 62.3 Å². The molecule has 0 saturated carbocycles. The van der Waals surface area contributed by atoms with Crippen LogP contribution in [0.2, 0.25) is 19.6 Å². The molecule has 2 atom stereocenters. The highest BCUT2D eigenvalue weighted by Crippen LogP contribution is 2.26. The summed E-state index contributed by atoms with van der Waals surface area (Å²) in [6, 6.07) is 0. The Balaban J connectivity index is 5.68. The fourth-order valence-electron chi connectivity index (χ4n) is 2.30. The van der Waals surface area contributed by atoms with E-state index in [0.717, 1.165) is 0 Å². The Morgan fingerprint density at radius 1 is 0.467 bits per heavy atom. The van der Waals surface area contributed by atoms with E-state index in [-0.39, 0.29) is 16.8 Å². The molecule has 0 amide bonds. The molecule has 0 heterocycles. The van der Waals surface area contributed by atoms with Crippen molar-refractivity contribution in [3.63, 3.8) is 0 Å². The molecular weight excluding hydrogens is 436 g/mol. The molecule has 0 radical (unpaired) electrons. The van der Waals surface area contributed by atoms with Crippen LogP contribution >= 0.6 is 0 Å². The van der Waals surface area contributed by atoms with Gasteiger partial charge in [0.2, 0.25) is 0 Å². The van der Waals surface area contributed by atoms with Crippen molar-refractivity contribution >= 4 is 25.7 Å². The van der Waals surface area contributed by atoms with Crippen molar-refractivity contribution in [1.82, 2.24) is 0 Å². The molecule has 0 aliphatic heterocycles. The average Bonchev–Trinajstić information content (AvgIpc) is 2.55. The second-order valence-corrected chi connectivity index (χ2v) is 21.3. The number of hydrogen-bond acceptors (Lipinski definition) is 7. The maximum absolute atomic E-state index is 6.68. The van der Waals surface area contributed by atoms with E-state index in [1.54, 1.807) is 14.2 Å². The summed E-state index contributed by atoms with van der Waals surface area (Å²) < 4.78 is 43.2. The van der Waals surface area contributed by atoms with Gasteiger partial charge in [0.1, 0.15) is 0 Å². The highest BCUT2D eigenvalue weighted by molar-refractivity contribution is 6.85. The van der Waals surface area contributed by atoms with E-state index >= 15 is 0 Å². The lowest BCUT2D eigenvalue weighted by Crippen LogP contribution is -2.63. The van der Waals surface area contributed by atoms with E-state index in [1.165, 1.54) is 0 Å². The van der Waals surface area contributed by atoms with Crippen molar-refractivity contribution in [2.45, 2.75) is 98.8 Å². The summed E-state index contributed by atoms with van der Waals surface area (Å²) in [6.45, 7) is 24.2. The SMILES string of the molecule is CO[Si](C)(COC(C)(C)C)O[Si](C)(COC(C)(C)C)O[Si](C)(COC(C)(C)C)OC. The largest absolute Gasteiger partial charge is 0.413 e. The summed E-state index contributed by atoms with van der Waals surface area (Å²) in [6.07, 6.45) is 1.16. The van der Waals surface area contributed by atoms with Gasteiger partial charge in [-0.25, -0.2) is 0 Å². The van der Waals surface area contributed by atoms with Crippen LogP contribution in [0.4, 0.5) is 0 Å². The van der Waals surface area contributed by atoms with Gasteiger partial charge in [-0.1, -0.05) is 0 Å². The van der Waals surface area contributed by atoms with Crippen LogP contribution in [0.5, 0.6) is 0 Å². The Bertz CT molecular complexity index is 480. The molecule has 10 heteroatoms. The Morgan fingerprint density at radius 3 is 0.900 bits per heavy atom. The predicted octanol–water partition coefficient (Wildman–Crippen LogP) is 4.59. The van der Waals surface area contributed by atoms with Gasteiger partial charge in [-0.2, -0.15) is 0 Å². The fourth-order valence-corrected chi connectivity index (χ4v) is 14.1. The molecule has 0 aromatic rings. The van der Waals surface area contributed by atoms with Crippen LogP contribution in [0.25, 0.3) is 0 Å². The molecular formula is C20H48O7Si3. The molecule has 0 rings (SSSR count). The van der Waals surface area contributed by atoms with E-state index in [9.17, 15) is 0 Å². The van der Waals surface area contributed by atoms with E-state index in [2.05, 4.69) is 0 Å². The molecule has 0 aliphatic carbocycles. The highest BCUT2D eigenvalue weighted by Gasteiger charge is 2.50. The van der Waals surface area contributed by atoms with E-state index in [4.69, 9.17) is 31.3 Å². The van der Waals surface area contributed by atoms with Crippen molar-refractivity contribution in [2.24, 2.45) is 0 Å². The van der Waals surface area contributed by atoms with Crippen molar-refractivity contribution in [2.75, 3.05) is 32.9 Å². The third-order valence-corrected chi connectivity index (χ3v) is 14.7. The first-order valence-electron chi connectivity index (χ1n) is 10.6. The molecule has 182 valence electrons. The zero-order chi connectivity index (χ0) is 24.1. The fraction of sp³-hybridized carbons (Fsp3) is 1.00. The first-order chi connectivity index (χ1) is 13.2. The maximum atomic E-state index is 6.68. The highest BCUT2D eigenvalue weighted by atomic mass is 28.5. The van der Waals surface area contributed by atoms with Crippen LogP contribution in [-0.2, 0) is 31.3 Å². The van der Waals surface area contributed by atoms with Crippen molar-refractivity contribution < 1.29 is 31.3 Å². The second kappa shape index (κ2) is 11.0.